The molecule has 2 aromatic rings. The highest BCUT2D eigenvalue weighted by Crippen LogP contribution is 2.30. The number of hydrogen-bond acceptors (Lipinski definition) is 4. The van der Waals surface area contributed by atoms with Gasteiger partial charge in [-0.3, -0.25) is 19.1 Å². The van der Waals surface area contributed by atoms with E-state index >= 15 is 0 Å². The van der Waals surface area contributed by atoms with Gasteiger partial charge in [-0.05, 0) is 38.8 Å². The van der Waals surface area contributed by atoms with Gasteiger partial charge in [0.15, 0.2) is 6.23 Å². The van der Waals surface area contributed by atoms with Gasteiger partial charge in [-0.2, -0.15) is 0 Å². The van der Waals surface area contributed by atoms with Crippen LogP contribution >= 0.6 is 0 Å². The first-order valence-electron chi connectivity index (χ1n) is 8.17. The van der Waals surface area contributed by atoms with Crippen LogP contribution in [0.5, 0.6) is 0 Å². The zero-order valence-corrected chi connectivity index (χ0v) is 14.7. The molecule has 1 aromatic carbocycles. The molecular weight excluding hydrogens is 322 g/mol. The molecule has 0 saturated carbocycles. The number of aromatic nitrogens is 2. The third-order valence-corrected chi connectivity index (χ3v) is 4.43. The Kier molecular flexibility index (Phi) is 4.34. The number of aromatic amines is 1. The second-order valence-electron chi connectivity index (χ2n) is 6.57. The highest BCUT2D eigenvalue weighted by Gasteiger charge is 2.37. The first-order chi connectivity index (χ1) is 11.8. The summed E-state index contributed by atoms with van der Waals surface area (Å²) < 4.78 is 1.29. The first kappa shape index (κ1) is 17.2. The minimum Gasteiger partial charge on any atom is -0.274 e. The van der Waals surface area contributed by atoms with Gasteiger partial charge in [-0.15, -0.1) is 0 Å². The van der Waals surface area contributed by atoms with Gasteiger partial charge in [-0.1, -0.05) is 17.7 Å². The second kappa shape index (κ2) is 6.33. The van der Waals surface area contributed by atoms with E-state index in [1.165, 1.54) is 21.9 Å². The Morgan fingerprint density at radius 2 is 1.84 bits per heavy atom. The van der Waals surface area contributed by atoms with E-state index in [4.69, 9.17) is 4.84 Å². The number of nitrogens with zero attached hydrogens (tertiary/aromatic N) is 2. The van der Waals surface area contributed by atoms with Crippen LogP contribution < -0.4 is 11.2 Å². The molecule has 1 aromatic heterocycles. The highest BCUT2D eigenvalue weighted by molar-refractivity contribution is 5.96. The first-order valence-corrected chi connectivity index (χ1v) is 8.17. The molecule has 1 fully saturated rings. The van der Waals surface area contributed by atoms with E-state index in [2.05, 4.69) is 4.98 Å². The maximum absolute atomic E-state index is 13.0. The monoisotopic (exact) mass is 343 g/mol. The van der Waals surface area contributed by atoms with Gasteiger partial charge in [0.05, 0.1) is 6.04 Å². The zero-order chi connectivity index (χ0) is 18.3. The number of H-pyrrole nitrogens is 1. The SMILES string of the molecule is Cc1cc(C)c(C(=O)N2O[C@@H](n3ccc(=O)[nH]c3=O)C[C@@H]2C)c(C)c1. The average molecular weight is 343 g/mol. The third-order valence-electron chi connectivity index (χ3n) is 4.43. The summed E-state index contributed by atoms with van der Waals surface area (Å²) in [4.78, 5) is 44.1. The van der Waals surface area contributed by atoms with Crippen molar-refractivity contribution in [3.8, 4) is 0 Å². The Labute approximate surface area is 144 Å². The van der Waals surface area contributed by atoms with Crippen LogP contribution in [0, 0.1) is 20.8 Å². The van der Waals surface area contributed by atoms with Crippen molar-refractivity contribution < 1.29 is 9.63 Å². The molecule has 2 atom stereocenters. The molecule has 1 N–H and O–H groups in total. The second-order valence-corrected chi connectivity index (χ2v) is 6.57. The van der Waals surface area contributed by atoms with E-state index in [1.54, 1.807) is 0 Å². The molecule has 1 amide bonds. The van der Waals surface area contributed by atoms with Crippen molar-refractivity contribution in [2.24, 2.45) is 0 Å². The van der Waals surface area contributed by atoms with Crippen LogP contribution in [0.4, 0.5) is 0 Å². The fraction of sp³-hybridized carbons (Fsp3) is 0.389. The Morgan fingerprint density at radius 1 is 1.20 bits per heavy atom. The summed E-state index contributed by atoms with van der Waals surface area (Å²) in [5, 5.41) is 1.33. The topological polar surface area (TPSA) is 84.4 Å². The summed E-state index contributed by atoms with van der Waals surface area (Å²) in [5.41, 5.74) is 2.48. The van der Waals surface area contributed by atoms with Crippen LogP contribution in [-0.2, 0) is 4.84 Å². The fourth-order valence-corrected chi connectivity index (χ4v) is 3.36. The summed E-state index contributed by atoms with van der Waals surface area (Å²) in [6.45, 7) is 7.66. The van der Waals surface area contributed by atoms with Crippen LogP contribution in [0.2, 0.25) is 0 Å². The van der Waals surface area contributed by atoms with Gasteiger partial charge in [0.1, 0.15) is 0 Å². The molecule has 1 saturated heterocycles. The highest BCUT2D eigenvalue weighted by atomic mass is 16.7. The zero-order valence-electron chi connectivity index (χ0n) is 14.7. The quantitative estimate of drug-likeness (QED) is 0.901. The summed E-state index contributed by atoms with van der Waals surface area (Å²) in [7, 11) is 0. The summed E-state index contributed by atoms with van der Waals surface area (Å²) >= 11 is 0. The Morgan fingerprint density at radius 3 is 2.44 bits per heavy atom. The summed E-state index contributed by atoms with van der Waals surface area (Å²) in [5.74, 6) is -0.220. The van der Waals surface area contributed by atoms with E-state index in [9.17, 15) is 14.4 Å². The van der Waals surface area contributed by atoms with E-state index < -0.39 is 17.5 Å². The smallest absolute Gasteiger partial charge is 0.274 e. The fourth-order valence-electron chi connectivity index (χ4n) is 3.36. The number of hydrogen-bond donors (Lipinski definition) is 1. The van der Waals surface area contributed by atoms with Crippen LogP contribution in [0.3, 0.4) is 0 Å². The molecular formula is C18H21N3O4. The van der Waals surface area contributed by atoms with E-state index in [0.717, 1.165) is 16.7 Å². The molecule has 0 bridgehead atoms. The molecule has 2 heterocycles. The van der Waals surface area contributed by atoms with Gasteiger partial charge in [-0.25, -0.2) is 14.7 Å². The van der Waals surface area contributed by atoms with Crippen molar-refractivity contribution in [3.63, 3.8) is 0 Å². The number of benzene rings is 1. The molecule has 132 valence electrons. The number of carbonyl (C=O) groups is 1. The van der Waals surface area contributed by atoms with Crippen molar-refractivity contribution in [3.05, 3.63) is 67.5 Å². The van der Waals surface area contributed by atoms with Crippen LogP contribution in [0.25, 0.3) is 0 Å². The lowest BCUT2D eigenvalue weighted by atomic mass is 9.99. The Bertz CT molecular complexity index is 921. The standard InChI is InChI=1S/C18H21N3O4/c1-10-7-11(2)16(12(3)8-10)17(23)21-13(4)9-15(25-21)20-6-5-14(22)19-18(20)24/h5-8,13,15H,9H2,1-4H3,(H,19,22,24)/t13-,15+/m0/s1. The molecule has 1 aliphatic rings. The minimum atomic E-state index is -0.630. The van der Waals surface area contributed by atoms with Crippen molar-refractivity contribution in [1.29, 1.82) is 0 Å². The lowest BCUT2D eigenvalue weighted by molar-refractivity contribution is -0.148. The maximum Gasteiger partial charge on any atom is 0.330 e. The molecule has 3 rings (SSSR count). The van der Waals surface area contributed by atoms with Crippen molar-refractivity contribution in [1.82, 2.24) is 14.6 Å². The molecule has 1 aliphatic heterocycles. The molecule has 25 heavy (non-hydrogen) atoms. The van der Waals surface area contributed by atoms with E-state index in [0.29, 0.717) is 12.0 Å². The Balaban J connectivity index is 1.91. The number of hydroxylamine groups is 2. The summed E-state index contributed by atoms with van der Waals surface area (Å²) in [6, 6.07) is 4.99. The van der Waals surface area contributed by atoms with Crippen molar-refractivity contribution in [2.45, 2.75) is 46.4 Å². The number of amides is 1. The molecule has 0 radical (unpaired) electrons. The molecule has 0 spiro atoms. The van der Waals surface area contributed by atoms with E-state index in [1.807, 2.05) is 39.8 Å². The predicted octanol–water partition coefficient (Wildman–Crippen LogP) is 1.83. The van der Waals surface area contributed by atoms with Crippen LogP contribution in [-0.4, -0.2) is 26.6 Å². The van der Waals surface area contributed by atoms with Crippen molar-refractivity contribution >= 4 is 5.91 Å². The van der Waals surface area contributed by atoms with Crippen molar-refractivity contribution in [2.75, 3.05) is 0 Å². The number of aryl methyl sites for hydroxylation is 3. The minimum absolute atomic E-state index is 0.198. The van der Waals surface area contributed by atoms with Crippen LogP contribution in [0.15, 0.2) is 34.0 Å². The lowest BCUT2D eigenvalue weighted by Crippen LogP contribution is -2.35. The summed E-state index contributed by atoms with van der Waals surface area (Å²) in [6.07, 6.45) is 1.21. The van der Waals surface area contributed by atoms with Gasteiger partial charge in [0.2, 0.25) is 0 Å². The molecule has 7 nitrogen and oxygen atoms in total. The number of nitrogens with one attached hydrogen (secondary N) is 1. The molecule has 0 aliphatic carbocycles. The van der Waals surface area contributed by atoms with E-state index in [-0.39, 0.29) is 11.9 Å². The molecule has 0 unspecified atom stereocenters. The van der Waals surface area contributed by atoms with Gasteiger partial charge >= 0.3 is 5.69 Å². The average Bonchev–Trinajstić information content (AvgIpc) is 2.87. The van der Waals surface area contributed by atoms with Gasteiger partial charge in [0.25, 0.3) is 11.5 Å². The maximum atomic E-state index is 13.0. The van der Waals surface area contributed by atoms with Gasteiger partial charge < -0.3 is 0 Å². The third kappa shape index (κ3) is 3.15. The van der Waals surface area contributed by atoms with Gasteiger partial charge in [0, 0.05) is 24.2 Å². The number of carbonyl (C=O) groups excluding carboxylic acids is 1. The largest absolute Gasteiger partial charge is 0.330 e. The van der Waals surface area contributed by atoms with Crippen LogP contribution in [0.1, 0.15) is 46.6 Å². The normalized spacial score (nSPS) is 20.1. The Hall–Kier alpha value is -2.67. The lowest BCUT2D eigenvalue weighted by Gasteiger charge is -2.22. The molecule has 7 heteroatoms. The predicted molar refractivity (Wildman–Crippen MR) is 92.3 cm³/mol. The number of rotatable bonds is 2.